The number of allylic oxidation sites excluding steroid dienone is 3. The summed E-state index contributed by atoms with van der Waals surface area (Å²) in [5.74, 6) is -5.69. The fourth-order valence-electron chi connectivity index (χ4n) is 13.5. The number of likely N-dealkylation sites (N-methyl/N-ethyl adjacent to an activating group) is 1. The van der Waals surface area contributed by atoms with Gasteiger partial charge in [-0.15, -0.1) is 58.8 Å². The van der Waals surface area contributed by atoms with E-state index in [9.17, 15) is 67.7 Å². The van der Waals surface area contributed by atoms with Crippen molar-refractivity contribution in [3.05, 3.63) is 46.5 Å². The van der Waals surface area contributed by atoms with E-state index < -0.39 is 134 Å². The van der Waals surface area contributed by atoms with Gasteiger partial charge in [0.15, 0.2) is 5.72 Å². The number of nitrogens with zero attached hydrogens (tertiary/aromatic N) is 5. The second-order valence-corrected chi connectivity index (χ2v) is 33.1. The number of aliphatic carboxylic acids is 1. The Balaban J connectivity index is 0.692. The first-order valence-electron chi connectivity index (χ1n) is 32.9. The molecule has 4 bridgehead atoms. The van der Waals surface area contributed by atoms with Crippen LogP contribution in [0.15, 0.2) is 35.9 Å². The zero-order valence-corrected chi connectivity index (χ0v) is 61.4. The number of anilines is 1. The number of hydrogen-bond donors (Lipinski definition) is 3. The Morgan fingerprint density at radius 1 is 0.889 bits per heavy atom. The average molecular weight is 1500 g/mol. The summed E-state index contributed by atoms with van der Waals surface area (Å²) in [4.78, 5) is 167. The van der Waals surface area contributed by atoms with Crippen molar-refractivity contribution >= 4 is 147 Å². The van der Waals surface area contributed by atoms with Crippen LogP contribution in [0.3, 0.4) is 0 Å². The number of carboxylic acid groups (broad SMARTS) is 1. The van der Waals surface area contributed by atoms with Crippen molar-refractivity contribution in [1.82, 2.24) is 24.9 Å². The summed E-state index contributed by atoms with van der Waals surface area (Å²) in [6.07, 6.45) is 0.576. The number of fused-ring (bicyclic) bond motifs is 6. The lowest BCUT2D eigenvalue weighted by Crippen LogP contribution is -2.63. The van der Waals surface area contributed by atoms with Gasteiger partial charge >= 0.3 is 18.0 Å². The first-order chi connectivity index (χ1) is 47.1. The average Bonchev–Trinajstić information content (AvgIpc) is 1.58. The van der Waals surface area contributed by atoms with E-state index in [1.54, 1.807) is 38.1 Å². The van der Waals surface area contributed by atoms with Gasteiger partial charge in [0, 0.05) is 108 Å². The summed E-state index contributed by atoms with van der Waals surface area (Å²) in [7, 11) is 5.81. The van der Waals surface area contributed by atoms with E-state index in [1.165, 1.54) is 102 Å². The lowest BCUT2D eigenvalue weighted by Gasteiger charge is -2.42. The summed E-state index contributed by atoms with van der Waals surface area (Å²) in [5, 5.41) is 22.0. The number of Topliss-reactive ketones (excluding diaryl/α,β-unsaturated/α-hetero) is 2. The van der Waals surface area contributed by atoms with Crippen molar-refractivity contribution in [2.45, 2.75) is 172 Å². The van der Waals surface area contributed by atoms with Crippen LogP contribution in [-0.2, 0) is 87.6 Å². The van der Waals surface area contributed by atoms with Crippen LogP contribution in [0.4, 0.5) is 10.5 Å². The molecule has 0 radical (unpaired) electrons. The number of likely N-dealkylation sites (tertiary alicyclic amines) is 3. The number of carbonyl (C=O) groups is 12. The summed E-state index contributed by atoms with van der Waals surface area (Å²) in [5.41, 5.74) is -1.30. The molecule has 27 nitrogen and oxygen atoms in total. The summed E-state index contributed by atoms with van der Waals surface area (Å²) >= 11 is 13.3. The molecular formula is C66H87ClN6O21S5. The van der Waals surface area contributed by atoms with Crippen LogP contribution >= 0.6 is 70.4 Å². The molecule has 1 aromatic carbocycles. The molecule has 99 heavy (non-hydrogen) atoms. The number of halogens is 1. The van der Waals surface area contributed by atoms with Gasteiger partial charge < -0.3 is 58.1 Å². The molecule has 5 unspecified atom stereocenters. The molecule has 8 aliphatic heterocycles. The van der Waals surface area contributed by atoms with Gasteiger partial charge in [-0.1, -0.05) is 42.3 Å². The fourth-order valence-corrected chi connectivity index (χ4v) is 21.0. The second-order valence-electron chi connectivity index (χ2n) is 26.2. The number of epoxide rings is 1. The Bertz CT molecular complexity index is 3330. The van der Waals surface area contributed by atoms with Crippen LogP contribution in [-0.4, -0.2) is 265 Å². The minimum Gasteiger partial charge on any atom is -0.495 e. The molecule has 0 aromatic heterocycles. The van der Waals surface area contributed by atoms with E-state index in [2.05, 4.69) is 5.32 Å². The lowest BCUT2D eigenvalue weighted by atomic mass is 9.83. The third-order valence-corrected chi connectivity index (χ3v) is 26.8. The first kappa shape index (κ1) is 77.7. The van der Waals surface area contributed by atoms with E-state index in [0.717, 1.165) is 27.8 Å². The summed E-state index contributed by atoms with van der Waals surface area (Å²) in [6.45, 7) is 7.56. The number of hydrogen-bond acceptors (Lipinski definition) is 25. The van der Waals surface area contributed by atoms with Gasteiger partial charge in [0.25, 0.3) is 0 Å². The SMILES string of the molecule is COc1cc2cc(c1Cl)N(C)C(=O)C[C@H](OC(=O)[C@H](C)N(C)C(=O)CCSC1CC(=O)N(CCOCCOCCCC(=O)CCC(=O)N3C[C@H](CC(=O)C4SCSC4C(=O)O)C[C@H](N4C(=O)C5SCSC5C4=O)C3)C1=O)[C@@]1(C)O[C@H]1[C@H](C)[C@@H]1C[C@@](O)(NC(=O)O1)[C@H](OC)/C=C/C=C(\C)C2. The molecule has 8 aliphatic rings. The third-order valence-electron chi connectivity index (χ3n) is 19.3. The number of carbonyl (C=O) groups excluding carboxylic acids is 11. The Hall–Kier alpha value is -5.42. The quantitative estimate of drug-likeness (QED) is 0.0456. The lowest BCUT2D eigenvalue weighted by molar-refractivity contribution is -0.162. The van der Waals surface area contributed by atoms with E-state index in [1.807, 2.05) is 13.0 Å². The summed E-state index contributed by atoms with van der Waals surface area (Å²) < 4.78 is 40.8. The van der Waals surface area contributed by atoms with Gasteiger partial charge in [-0.25, -0.2) is 9.59 Å². The van der Waals surface area contributed by atoms with Gasteiger partial charge in [0.05, 0.1) is 68.2 Å². The van der Waals surface area contributed by atoms with E-state index in [0.29, 0.717) is 40.9 Å². The minimum absolute atomic E-state index is 0.0102. The maximum atomic E-state index is 14.4. The van der Waals surface area contributed by atoms with Crippen molar-refractivity contribution in [2.75, 3.05) is 95.2 Å². The molecular weight excluding hydrogens is 1410 g/mol. The molecule has 8 heterocycles. The number of thioether (sulfide) groups is 5. The van der Waals surface area contributed by atoms with Crippen LogP contribution in [0.25, 0.3) is 0 Å². The monoisotopic (exact) mass is 1490 g/mol. The molecule has 7 saturated heterocycles. The number of carboxylic acids is 1. The molecule has 15 atom stereocenters. The highest BCUT2D eigenvalue weighted by molar-refractivity contribution is 8.21. The number of ether oxygens (including phenoxy) is 7. The Morgan fingerprint density at radius 2 is 1.59 bits per heavy atom. The number of rotatable bonds is 27. The van der Waals surface area contributed by atoms with Crippen molar-refractivity contribution in [3.8, 4) is 5.75 Å². The highest BCUT2D eigenvalue weighted by Crippen LogP contribution is 2.50. The van der Waals surface area contributed by atoms with Gasteiger partial charge in [0.1, 0.15) is 68.0 Å². The van der Waals surface area contributed by atoms with E-state index in [-0.39, 0.29) is 131 Å². The van der Waals surface area contributed by atoms with Crippen LogP contribution in [0.1, 0.15) is 97.5 Å². The number of nitrogens with one attached hydrogen (secondary N) is 1. The van der Waals surface area contributed by atoms with Crippen molar-refractivity contribution in [1.29, 1.82) is 0 Å². The Morgan fingerprint density at radius 3 is 2.28 bits per heavy atom. The predicted octanol–water partition coefficient (Wildman–Crippen LogP) is 4.91. The predicted molar refractivity (Wildman–Crippen MR) is 371 cm³/mol. The van der Waals surface area contributed by atoms with Crippen LogP contribution in [0, 0.1) is 11.8 Å². The highest BCUT2D eigenvalue weighted by Gasteiger charge is 2.65. The Labute approximate surface area is 600 Å². The van der Waals surface area contributed by atoms with Gasteiger partial charge in [-0.05, 0) is 63.6 Å². The maximum absolute atomic E-state index is 14.4. The largest absolute Gasteiger partial charge is 0.495 e. The molecule has 0 aliphatic carbocycles. The third kappa shape index (κ3) is 18.5. The van der Waals surface area contributed by atoms with Crippen LogP contribution in [0.5, 0.6) is 5.75 Å². The standard InChI is InChI=1S/C66H87ClN6O21S5/c1-35-11-9-13-47(89-8)66(87)30-45(92-64(86)68-66)36(2)58-65(4,94-58)48(29-51(78)70(6)42-25-38(23-35)27-44(88-7)53(42)67)93-63(85)37(3)69(5)49(76)16-22-95-46-28-52(79)72(59(46)80)17-19-91-21-20-90-18-10-12-41(74)14-15-50(77)71-31-39(26-43(75)54-57(62(83)84)99-33-96-54)24-40(32-71)73-60(81)55-56(61(73)82)98-34-97-55/h9,11,13,25,27,36-37,39-40,45-48,54-58,87H,10,12,14-24,26,28-34H2,1-8H3,(H,68,86)(H,83,84)/b13-9+,35-11+/t36-,37+,39+,40+,45+,46?,47-,48+,54?,55?,56?,57?,58+,65-,66+/m1/s1. The smallest absolute Gasteiger partial charge is 0.409 e. The van der Waals surface area contributed by atoms with Crippen LogP contribution < -0.4 is 15.0 Å². The number of amides is 8. The molecule has 8 amide bonds. The molecule has 33 heteroatoms. The van der Waals surface area contributed by atoms with Gasteiger partial charge in [0.2, 0.25) is 41.4 Å². The van der Waals surface area contributed by atoms with Gasteiger partial charge in [-0.3, -0.25) is 63.1 Å². The minimum atomic E-state index is -1.91. The molecule has 7 fully saturated rings. The molecule has 0 saturated carbocycles. The molecule has 9 rings (SSSR count). The maximum Gasteiger partial charge on any atom is 0.409 e. The highest BCUT2D eigenvalue weighted by atomic mass is 35.5. The fraction of sp³-hybridized carbons (Fsp3) is 0.667. The number of alkyl carbamates (subject to hydrolysis) is 1. The summed E-state index contributed by atoms with van der Waals surface area (Å²) in [6, 6.07) is 1.67. The number of esters is 1. The molecule has 544 valence electrons. The zero-order chi connectivity index (χ0) is 71.8. The molecule has 3 N–H and O–H groups in total. The Kier molecular flexibility index (Phi) is 26.9. The van der Waals surface area contributed by atoms with Crippen molar-refractivity contribution < 1.29 is 101 Å². The van der Waals surface area contributed by atoms with E-state index >= 15 is 0 Å². The number of piperidine rings is 1. The molecule has 0 spiro atoms. The molecule has 1 aromatic rings. The normalized spacial score (nSPS) is 31.4. The zero-order valence-electron chi connectivity index (χ0n) is 56.5. The number of methoxy groups -OCH3 is 2. The van der Waals surface area contributed by atoms with Gasteiger partial charge in [-0.2, -0.15) is 0 Å². The second kappa shape index (κ2) is 34.2. The first-order valence-corrected chi connectivity index (χ1v) is 38.5. The van der Waals surface area contributed by atoms with E-state index in [4.69, 9.17) is 44.8 Å². The topological polar surface area (TPSA) is 341 Å². The van der Waals surface area contributed by atoms with Crippen molar-refractivity contribution in [2.24, 2.45) is 11.8 Å². The number of ketones is 2. The van der Waals surface area contributed by atoms with Crippen LogP contribution in [0.2, 0.25) is 5.02 Å². The van der Waals surface area contributed by atoms with Crippen molar-refractivity contribution in [3.63, 3.8) is 0 Å². The number of aliphatic hydroxyl groups is 1. The number of imide groups is 2. The number of benzene rings is 1.